The van der Waals surface area contributed by atoms with Gasteiger partial charge >= 0.3 is 5.97 Å². The van der Waals surface area contributed by atoms with Crippen molar-refractivity contribution in [1.82, 2.24) is 10.1 Å². The van der Waals surface area contributed by atoms with Crippen LogP contribution in [0, 0.1) is 20.8 Å². The molecule has 5 heteroatoms. The predicted molar refractivity (Wildman–Crippen MR) is 124 cm³/mol. The third kappa shape index (κ3) is 3.60. The van der Waals surface area contributed by atoms with E-state index in [0.29, 0.717) is 11.3 Å². The first-order valence-electron chi connectivity index (χ1n) is 10.8. The molecule has 32 heavy (non-hydrogen) atoms. The summed E-state index contributed by atoms with van der Waals surface area (Å²) in [5, 5.41) is 4.77. The lowest BCUT2D eigenvalue weighted by Gasteiger charge is -2.12. The lowest BCUT2D eigenvalue weighted by molar-refractivity contribution is 0.0472. The Morgan fingerprint density at radius 3 is 2.59 bits per heavy atom. The van der Waals surface area contributed by atoms with E-state index in [1.807, 2.05) is 38.1 Å². The molecule has 160 valence electrons. The SMILES string of the molecule is Cc1ccc(C=C2CCc3c2nc2ccccc2c3C(=O)OCc2c(C)noc2C)cc1. The van der Waals surface area contributed by atoms with Crippen LogP contribution >= 0.6 is 0 Å². The van der Waals surface area contributed by atoms with Gasteiger partial charge in [0.2, 0.25) is 0 Å². The second-order valence-electron chi connectivity index (χ2n) is 8.29. The summed E-state index contributed by atoms with van der Waals surface area (Å²) in [4.78, 5) is 18.2. The molecule has 0 spiro atoms. The Morgan fingerprint density at radius 2 is 1.84 bits per heavy atom. The maximum atomic E-state index is 13.3. The van der Waals surface area contributed by atoms with Crippen molar-refractivity contribution in [2.75, 3.05) is 0 Å². The van der Waals surface area contributed by atoms with Gasteiger partial charge < -0.3 is 9.26 Å². The van der Waals surface area contributed by atoms with Gasteiger partial charge in [0.15, 0.2) is 0 Å². The van der Waals surface area contributed by atoms with Gasteiger partial charge in [-0.3, -0.25) is 0 Å². The van der Waals surface area contributed by atoms with E-state index in [9.17, 15) is 4.79 Å². The third-order valence-electron chi connectivity index (χ3n) is 6.09. The molecule has 0 radical (unpaired) electrons. The molecule has 0 aliphatic heterocycles. The quantitative estimate of drug-likeness (QED) is 0.376. The smallest absolute Gasteiger partial charge is 0.339 e. The highest BCUT2D eigenvalue weighted by Gasteiger charge is 2.28. The van der Waals surface area contributed by atoms with E-state index in [0.717, 1.165) is 57.4 Å². The predicted octanol–water partition coefficient (Wildman–Crippen LogP) is 5.99. The van der Waals surface area contributed by atoms with E-state index in [2.05, 4.69) is 42.4 Å². The summed E-state index contributed by atoms with van der Waals surface area (Å²) >= 11 is 0. The molecule has 2 heterocycles. The maximum absolute atomic E-state index is 13.3. The lowest BCUT2D eigenvalue weighted by atomic mass is 10.0. The minimum absolute atomic E-state index is 0.136. The largest absolute Gasteiger partial charge is 0.457 e. The van der Waals surface area contributed by atoms with Gasteiger partial charge in [-0.15, -0.1) is 0 Å². The third-order valence-corrected chi connectivity index (χ3v) is 6.09. The topological polar surface area (TPSA) is 65.2 Å². The number of para-hydroxylation sites is 1. The number of benzene rings is 2. The first-order chi connectivity index (χ1) is 15.5. The summed E-state index contributed by atoms with van der Waals surface area (Å²) in [5.41, 5.74) is 8.34. The van der Waals surface area contributed by atoms with E-state index in [4.69, 9.17) is 14.2 Å². The van der Waals surface area contributed by atoms with Gasteiger partial charge in [-0.2, -0.15) is 0 Å². The summed E-state index contributed by atoms with van der Waals surface area (Å²) in [6, 6.07) is 16.2. The van der Waals surface area contributed by atoms with Crippen LogP contribution in [0.5, 0.6) is 0 Å². The molecule has 0 fully saturated rings. The first-order valence-corrected chi connectivity index (χ1v) is 10.8. The monoisotopic (exact) mass is 424 g/mol. The molecule has 5 nitrogen and oxygen atoms in total. The molecule has 0 saturated carbocycles. The Morgan fingerprint density at radius 1 is 1.06 bits per heavy atom. The molecule has 5 rings (SSSR count). The normalized spacial score (nSPS) is 14.2. The fraction of sp³-hybridized carbons (Fsp3) is 0.222. The van der Waals surface area contributed by atoms with E-state index in [1.54, 1.807) is 0 Å². The zero-order chi connectivity index (χ0) is 22.2. The number of hydrogen-bond acceptors (Lipinski definition) is 5. The minimum atomic E-state index is -0.337. The summed E-state index contributed by atoms with van der Waals surface area (Å²) in [5.74, 6) is 0.333. The summed E-state index contributed by atoms with van der Waals surface area (Å²) in [6.07, 6.45) is 3.78. The van der Waals surface area contributed by atoms with Crippen molar-refractivity contribution in [3.8, 4) is 0 Å². The number of ether oxygens (including phenoxy) is 1. The van der Waals surface area contributed by atoms with Crippen LogP contribution in [0.15, 0.2) is 53.1 Å². The molecular weight excluding hydrogens is 400 g/mol. The van der Waals surface area contributed by atoms with Crippen LogP contribution in [0.2, 0.25) is 0 Å². The van der Waals surface area contributed by atoms with Crippen molar-refractivity contribution in [3.63, 3.8) is 0 Å². The summed E-state index contributed by atoms with van der Waals surface area (Å²) < 4.78 is 10.9. The Hall–Kier alpha value is -3.73. The number of pyridine rings is 1. The van der Waals surface area contributed by atoms with E-state index < -0.39 is 0 Å². The van der Waals surface area contributed by atoms with Crippen LogP contribution in [0.25, 0.3) is 22.6 Å². The Balaban J connectivity index is 1.56. The van der Waals surface area contributed by atoms with E-state index in [-0.39, 0.29) is 12.6 Å². The summed E-state index contributed by atoms with van der Waals surface area (Å²) in [7, 11) is 0. The van der Waals surface area contributed by atoms with Crippen LogP contribution in [0.4, 0.5) is 0 Å². The van der Waals surface area contributed by atoms with Crippen molar-refractivity contribution in [3.05, 3.63) is 93.5 Å². The van der Waals surface area contributed by atoms with Crippen LogP contribution < -0.4 is 0 Å². The number of aryl methyl sites for hydroxylation is 3. The highest BCUT2D eigenvalue weighted by molar-refractivity contribution is 6.07. The molecule has 0 bridgehead atoms. The van der Waals surface area contributed by atoms with Gasteiger partial charge in [-0.05, 0) is 62.5 Å². The number of carbonyl (C=O) groups is 1. The average molecular weight is 425 g/mol. The molecule has 0 unspecified atom stereocenters. The van der Waals surface area contributed by atoms with Crippen molar-refractivity contribution >= 4 is 28.5 Å². The molecule has 1 aliphatic carbocycles. The number of esters is 1. The summed E-state index contributed by atoms with van der Waals surface area (Å²) in [6.45, 7) is 5.89. The number of allylic oxidation sites excluding steroid dienone is 1. The van der Waals surface area contributed by atoms with Crippen molar-refractivity contribution in [1.29, 1.82) is 0 Å². The highest BCUT2D eigenvalue weighted by atomic mass is 16.5. The van der Waals surface area contributed by atoms with E-state index >= 15 is 0 Å². The van der Waals surface area contributed by atoms with Crippen LogP contribution in [0.1, 0.15) is 56.2 Å². The zero-order valence-corrected chi connectivity index (χ0v) is 18.4. The van der Waals surface area contributed by atoms with Gasteiger partial charge in [-0.1, -0.05) is 53.2 Å². The maximum Gasteiger partial charge on any atom is 0.339 e. The standard InChI is InChI=1S/C27H24N2O3/c1-16-8-10-19(11-9-16)14-20-12-13-22-25(21-6-4-5-7-24(21)28-26(20)22)27(30)31-15-23-17(2)29-32-18(23)3/h4-11,14H,12-13,15H2,1-3H3. The minimum Gasteiger partial charge on any atom is -0.457 e. The van der Waals surface area contributed by atoms with Crippen molar-refractivity contribution < 1.29 is 14.1 Å². The molecule has 0 atom stereocenters. The average Bonchev–Trinajstić information content (AvgIpc) is 3.34. The first kappa shape index (κ1) is 20.2. The van der Waals surface area contributed by atoms with Crippen LogP contribution in [0.3, 0.4) is 0 Å². The van der Waals surface area contributed by atoms with Gasteiger partial charge in [0.1, 0.15) is 12.4 Å². The highest BCUT2D eigenvalue weighted by Crippen LogP contribution is 2.38. The Kier molecular flexibility index (Phi) is 5.10. The zero-order valence-electron chi connectivity index (χ0n) is 18.4. The number of fused-ring (bicyclic) bond motifs is 2. The Labute approximate surface area is 186 Å². The number of rotatable bonds is 4. The fourth-order valence-corrected chi connectivity index (χ4v) is 4.29. The van der Waals surface area contributed by atoms with Gasteiger partial charge in [0, 0.05) is 5.39 Å². The van der Waals surface area contributed by atoms with Gasteiger partial charge in [0.25, 0.3) is 0 Å². The fourth-order valence-electron chi connectivity index (χ4n) is 4.29. The molecule has 0 N–H and O–H groups in total. The molecule has 2 aromatic carbocycles. The molecule has 0 amide bonds. The van der Waals surface area contributed by atoms with Gasteiger partial charge in [0.05, 0.1) is 28.0 Å². The molecular formula is C27H24N2O3. The molecule has 1 aliphatic rings. The van der Waals surface area contributed by atoms with Gasteiger partial charge in [-0.25, -0.2) is 9.78 Å². The van der Waals surface area contributed by atoms with Crippen molar-refractivity contribution in [2.24, 2.45) is 0 Å². The number of aromatic nitrogens is 2. The van der Waals surface area contributed by atoms with Crippen LogP contribution in [-0.4, -0.2) is 16.1 Å². The number of nitrogens with zero attached hydrogens (tertiary/aromatic N) is 2. The van der Waals surface area contributed by atoms with Crippen molar-refractivity contribution in [2.45, 2.75) is 40.2 Å². The number of carbonyl (C=O) groups excluding carboxylic acids is 1. The second kappa shape index (κ2) is 8.08. The molecule has 2 aromatic heterocycles. The van der Waals surface area contributed by atoms with Crippen LogP contribution in [-0.2, 0) is 17.8 Å². The lowest BCUT2D eigenvalue weighted by Crippen LogP contribution is -2.11. The Bertz CT molecular complexity index is 1340. The van der Waals surface area contributed by atoms with E-state index in [1.165, 1.54) is 5.56 Å². The molecule has 0 saturated heterocycles. The number of hydrogen-bond donors (Lipinski definition) is 0. The second-order valence-corrected chi connectivity index (χ2v) is 8.29. The molecule has 4 aromatic rings.